The van der Waals surface area contributed by atoms with Crippen molar-refractivity contribution in [3.8, 4) is 5.75 Å². The van der Waals surface area contributed by atoms with E-state index in [1.165, 1.54) is 12.1 Å². The molecule has 6 nitrogen and oxygen atoms in total. The minimum absolute atomic E-state index is 0.318. The molecule has 0 atom stereocenters. The lowest BCUT2D eigenvalue weighted by molar-refractivity contribution is 0.102. The predicted molar refractivity (Wildman–Crippen MR) is 117 cm³/mol. The molecule has 0 fully saturated rings. The smallest absolute Gasteiger partial charge is 0.259 e. The summed E-state index contributed by atoms with van der Waals surface area (Å²) in [6.07, 6.45) is 2.51. The van der Waals surface area contributed by atoms with Gasteiger partial charge in [-0.05, 0) is 75.1 Å². The van der Waals surface area contributed by atoms with Crippen molar-refractivity contribution in [2.24, 2.45) is 0 Å². The predicted octanol–water partition coefficient (Wildman–Crippen LogP) is 4.55. The van der Waals surface area contributed by atoms with E-state index in [1.807, 2.05) is 26.2 Å². The van der Waals surface area contributed by atoms with Gasteiger partial charge in [0.15, 0.2) is 0 Å². The summed E-state index contributed by atoms with van der Waals surface area (Å²) in [6, 6.07) is 16.5. The van der Waals surface area contributed by atoms with Crippen molar-refractivity contribution < 1.29 is 13.9 Å². The van der Waals surface area contributed by atoms with Crippen LogP contribution in [0.15, 0.2) is 66.9 Å². The molecule has 1 amide bonds. The van der Waals surface area contributed by atoms with Crippen molar-refractivity contribution in [1.29, 1.82) is 0 Å². The van der Waals surface area contributed by atoms with Gasteiger partial charge in [0.1, 0.15) is 17.4 Å². The Hall–Kier alpha value is -3.45. The Bertz CT molecular complexity index is 977. The molecule has 2 aromatic carbocycles. The normalized spacial score (nSPS) is 10.7. The molecule has 30 heavy (non-hydrogen) atoms. The molecule has 156 valence electrons. The Morgan fingerprint density at radius 3 is 2.60 bits per heavy atom. The number of benzene rings is 2. The first-order chi connectivity index (χ1) is 14.5. The molecular formula is C23H25FN4O2. The number of hydrogen-bond acceptors (Lipinski definition) is 5. The van der Waals surface area contributed by atoms with Gasteiger partial charge in [-0.25, -0.2) is 9.37 Å². The molecule has 0 spiro atoms. The number of anilines is 3. The number of amides is 1. The largest absolute Gasteiger partial charge is 0.494 e. The van der Waals surface area contributed by atoms with E-state index in [1.54, 1.807) is 42.6 Å². The summed E-state index contributed by atoms with van der Waals surface area (Å²) >= 11 is 0. The van der Waals surface area contributed by atoms with Gasteiger partial charge in [0.2, 0.25) is 0 Å². The van der Waals surface area contributed by atoms with Crippen LogP contribution >= 0.6 is 0 Å². The third-order valence-corrected chi connectivity index (χ3v) is 4.27. The summed E-state index contributed by atoms with van der Waals surface area (Å²) in [6.45, 7) is 1.60. The third-order valence-electron chi connectivity index (χ3n) is 4.27. The van der Waals surface area contributed by atoms with E-state index < -0.39 is 0 Å². The Morgan fingerprint density at radius 1 is 1.07 bits per heavy atom. The molecule has 0 radical (unpaired) electrons. The zero-order valence-electron chi connectivity index (χ0n) is 17.1. The molecule has 1 aromatic heterocycles. The second kappa shape index (κ2) is 10.4. The summed E-state index contributed by atoms with van der Waals surface area (Å²) in [5, 5.41) is 5.84. The standard InChI is InChI=1S/C23H25FN4O2/c1-28(2)14-5-15-30-20-11-9-18(10-12-20)27-23(29)21-8-4-13-25-22(21)26-19-7-3-6-17(24)16-19/h3-4,6-13,16H,5,14-15H2,1-2H3,(H,25,26)(H,27,29). The van der Waals surface area contributed by atoms with Crippen LogP contribution in [0.1, 0.15) is 16.8 Å². The molecule has 0 aliphatic carbocycles. The lowest BCUT2D eigenvalue weighted by Crippen LogP contribution is -2.15. The summed E-state index contributed by atoms with van der Waals surface area (Å²) in [5.41, 5.74) is 1.51. The number of nitrogens with one attached hydrogen (secondary N) is 2. The molecule has 3 rings (SSSR count). The molecule has 3 aromatic rings. The Balaban J connectivity index is 1.62. The maximum Gasteiger partial charge on any atom is 0.259 e. The quantitative estimate of drug-likeness (QED) is 0.509. The number of rotatable bonds is 9. The second-order valence-corrected chi connectivity index (χ2v) is 7.02. The monoisotopic (exact) mass is 408 g/mol. The van der Waals surface area contributed by atoms with E-state index in [-0.39, 0.29) is 11.7 Å². The van der Waals surface area contributed by atoms with Crippen LogP contribution in [-0.2, 0) is 0 Å². The van der Waals surface area contributed by atoms with Gasteiger partial charge < -0.3 is 20.3 Å². The highest BCUT2D eigenvalue weighted by molar-refractivity contribution is 6.07. The number of halogens is 1. The summed E-state index contributed by atoms with van der Waals surface area (Å²) in [5.74, 6) is 0.413. The van der Waals surface area contributed by atoms with Gasteiger partial charge in [0.05, 0.1) is 12.2 Å². The molecule has 1 heterocycles. The van der Waals surface area contributed by atoms with Gasteiger partial charge in [-0.15, -0.1) is 0 Å². The topological polar surface area (TPSA) is 66.5 Å². The minimum atomic E-state index is -0.369. The second-order valence-electron chi connectivity index (χ2n) is 7.02. The number of pyridine rings is 1. The highest BCUT2D eigenvalue weighted by Gasteiger charge is 2.13. The van der Waals surface area contributed by atoms with E-state index in [2.05, 4.69) is 20.5 Å². The number of aromatic nitrogens is 1. The maximum absolute atomic E-state index is 13.4. The Kier molecular flexibility index (Phi) is 7.34. The lowest BCUT2D eigenvalue weighted by Gasteiger charge is -2.12. The molecule has 7 heteroatoms. The van der Waals surface area contributed by atoms with Gasteiger partial charge in [-0.3, -0.25) is 4.79 Å². The van der Waals surface area contributed by atoms with Crippen LogP contribution in [0.2, 0.25) is 0 Å². The molecule has 0 saturated carbocycles. The van der Waals surface area contributed by atoms with Gasteiger partial charge in [-0.2, -0.15) is 0 Å². The van der Waals surface area contributed by atoms with Crippen LogP contribution < -0.4 is 15.4 Å². The zero-order chi connectivity index (χ0) is 21.3. The van der Waals surface area contributed by atoms with Crippen LogP contribution in [0.4, 0.5) is 21.6 Å². The van der Waals surface area contributed by atoms with E-state index in [0.717, 1.165) is 18.7 Å². The highest BCUT2D eigenvalue weighted by atomic mass is 19.1. The van der Waals surface area contributed by atoms with Crippen molar-refractivity contribution in [3.05, 3.63) is 78.2 Å². The SMILES string of the molecule is CN(C)CCCOc1ccc(NC(=O)c2cccnc2Nc2cccc(F)c2)cc1. The fourth-order valence-electron chi connectivity index (χ4n) is 2.79. The highest BCUT2D eigenvalue weighted by Crippen LogP contribution is 2.21. The third kappa shape index (κ3) is 6.28. The van der Waals surface area contributed by atoms with E-state index in [0.29, 0.717) is 29.4 Å². The number of nitrogens with zero attached hydrogens (tertiary/aromatic N) is 2. The van der Waals surface area contributed by atoms with Crippen molar-refractivity contribution in [3.63, 3.8) is 0 Å². The number of carbonyl (C=O) groups excluding carboxylic acids is 1. The molecular weight excluding hydrogens is 383 g/mol. The number of ether oxygens (including phenoxy) is 1. The lowest BCUT2D eigenvalue weighted by atomic mass is 10.2. The number of hydrogen-bond donors (Lipinski definition) is 2. The average molecular weight is 408 g/mol. The summed E-state index contributed by atoms with van der Waals surface area (Å²) in [7, 11) is 4.05. The van der Waals surface area contributed by atoms with E-state index in [4.69, 9.17) is 4.74 Å². The van der Waals surface area contributed by atoms with Crippen LogP contribution in [0.3, 0.4) is 0 Å². The van der Waals surface area contributed by atoms with Crippen molar-refractivity contribution in [2.45, 2.75) is 6.42 Å². The first-order valence-electron chi connectivity index (χ1n) is 9.68. The Labute approximate surface area is 175 Å². The van der Waals surface area contributed by atoms with Gasteiger partial charge >= 0.3 is 0 Å². The van der Waals surface area contributed by atoms with Gasteiger partial charge in [-0.1, -0.05) is 6.07 Å². The van der Waals surface area contributed by atoms with Gasteiger partial charge in [0, 0.05) is 24.1 Å². The molecule has 0 unspecified atom stereocenters. The fourth-order valence-corrected chi connectivity index (χ4v) is 2.79. The summed E-state index contributed by atoms with van der Waals surface area (Å²) in [4.78, 5) is 19.1. The first kappa shape index (κ1) is 21.3. The molecule has 0 aliphatic rings. The van der Waals surface area contributed by atoms with E-state index in [9.17, 15) is 9.18 Å². The first-order valence-corrected chi connectivity index (χ1v) is 9.68. The zero-order valence-corrected chi connectivity index (χ0v) is 17.1. The van der Waals surface area contributed by atoms with Gasteiger partial charge in [0.25, 0.3) is 5.91 Å². The van der Waals surface area contributed by atoms with Crippen LogP contribution in [-0.4, -0.2) is 43.0 Å². The van der Waals surface area contributed by atoms with Crippen LogP contribution in [0.5, 0.6) is 5.75 Å². The Morgan fingerprint density at radius 2 is 1.87 bits per heavy atom. The molecule has 0 bridgehead atoms. The van der Waals surface area contributed by atoms with Crippen molar-refractivity contribution in [2.75, 3.05) is 37.9 Å². The van der Waals surface area contributed by atoms with Crippen molar-refractivity contribution >= 4 is 23.1 Å². The maximum atomic E-state index is 13.4. The van der Waals surface area contributed by atoms with Crippen LogP contribution in [0, 0.1) is 5.82 Å². The van der Waals surface area contributed by atoms with Crippen LogP contribution in [0.25, 0.3) is 0 Å². The fraction of sp³-hybridized carbons (Fsp3) is 0.217. The summed E-state index contributed by atoms with van der Waals surface area (Å²) < 4.78 is 19.1. The molecule has 2 N–H and O–H groups in total. The van der Waals surface area contributed by atoms with E-state index >= 15 is 0 Å². The molecule has 0 saturated heterocycles. The average Bonchev–Trinajstić information content (AvgIpc) is 2.72. The number of carbonyl (C=O) groups is 1. The minimum Gasteiger partial charge on any atom is -0.494 e. The van der Waals surface area contributed by atoms with Crippen molar-refractivity contribution in [1.82, 2.24) is 9.88 Å². The molecule has 0 aliphatic heterocycles.